The molecule has 3 amide bonds. The van der Waals surface area contributed by atoms with E-state index in [0.29, 0.717) is 17.0 Å². The molecule has 0 aliphatic heterocycles. The Morgan fingerprint density at radius 1 is 0.975 bits per heavy atom. The molecule has 1 aliphatic rings. The molecule has 0 bridgehead atoms. The molecule has 1 saturated carbocycles. The monoisotopic (exact) mass is 571 g/mol. The third-order valence-corrected chi connectivity index (χ3v) is 7.36. The first-order valence-electron chi connectivity index (χ1n) is 13.6. The van der Waals surface area contributed by atoms with Crippen LogP contribution < -0.4 is 15.5 Å². The predicted octanol–water partition coefficient (Wildman–Crippen LogP) is 5.01. The van der Waals surface area contributed by atoms with E-state index in [9.17, 15) is 19.2 Å². The summed E-state index contributed by atoms with van der Waals surface area (Å²) in [5.74, 6) is -1.14. The first kappa shape index (κ1) is 30.9. The molecule has 0 spiro atoms. The van der Waals surface area contributed by atoms with Gasteiger partial charge in [-0.2, -0.15) is 0 Å². The zero-order valence-electron chi connectivity index (χ0n) is 23.1. The number of carbonyl (C=O) groups is 4. The number of hydrogen-bond donors (Lipinski definition) is 2. The molecule has 40 heavy (non-hydrogen) atoms. The van der Waals surface area contributed by atoms with Crippen molar-refractivity contribution in [2.24, 2.45) is 5.92 Å². The van der Waals surface area contributed by atoms with Crippen LogP contribution in [0, 0.1) is 5.92 Å². The largest absolute Gasteiger partial charge is 0.467 e. The first-order valence-corrected chi connectivity index (χ1v) is 14.0. The third kappa shape index (κ3) is 9.86. The molecule has 1 aliphatic carbocycles. The van der Waals surface area contributed by atoms with Crippen molar-refractivity contribution in [3.63, 3.8) is 0 Å². The summed E-state index contributed by atoms with van der Waals surface area (Å²) in [4.78, 5) is 52.9. The lowest BCUT2D eigenvalue weighted by atomic mass is 9.84. The number of anilines is 1. The predicted molar refractivity (Wildman–Crippen MR) is 153 cm³/mol. The Balaban J connectivity index is 1.63. The van der Waals surface area contributed by atoms with Gasteiger partial charge in [0.05, 0.1) is 7.11 Å². The van der Waals surface area contributed by atoms with Gasteiger partial charge in [-0.1, -0.05) is 74.0 Å². The maximum absolute atomic E-state index is 13.4. The average molecular weight is 572 g/mol. The fourth-order valence-corrected chi connectivity index (χ4v) is 5.05. The Morgan fingerprint density at radius 3 is 2.38 bits per heavy atom. The summed E-state index contributed by atoms with van der Waals surface area (Å²) >= 11 is 6.00. The maximum Gasteiger partial charge on any atom is 0.408 e. The molecular weight excluding hydrogens is 534 g/mol. The quantitative estimate of drug-likeness (QED) is 0.346. The van der Waals surface area contributed by atoms with Crippen LogP contribution in [0.1, 0.15) is 56.9 Å². The van der Waals surface area contributed by atoms with Crippen molar-refractivity contribution >= 4 is 41.2 Å². The number of carbonyl (C=O) groups excluding carboxylic acids is 4. The number of rotatable bonds is 12. The summed E-state index contributed by atoms with van der Waals surface area (Å²) < 4.78 is 10.2. The second-order valence-corrected chi connectivity index (χ2v) is 10.5. The summed E-state index contributed by atoms with van der Waals surface area (Å²) in [7, 11) is 2.88. The summed E-state index contributed by atoms with van der Waals surface area (Å²) in [6.45, 7) is -0.00795. The molecule has 2 aromatic rings. The number of nitrogens with zero attached hydrogens (tertiary/aromatic N) is 1. The number of ether oxygens (including phenoxy) is 2. The average Bonchev–Trinajstić information content (AvgIpc) is 2.97. The molecule has 3 rings (SSSR count). The van der Waals surface area contributed by atoms with Crippen LogP contribution in [-0.2, 0) is 30.5 Å². The van der Waals surface area contributed by atoms with Crippen LogP contribution in [0.5, 0.6) is 0 Å². The van der Waals surface area contributed by atoms with E-state index in [1.165, 1.54) is 12.0 Å². The molecule has 1 fully saturated rings. The van der Waals surface area contributed by atoms with Crippen molar-refractivity contribution in [2.45, 2.75) is 70.1 Å². The number of para-hydroxylation sites is 1. The van der Waals surface area contributed by atoms with Crippen molar-refractivity contribution in [1.82, 2.24) is 10.6 Å². The molecule has 10 heteroatoms. The molecule has 0 radical (unpaired) electrons. The number of benzene rings is 2. The number of alkyl carbamates (subject to hydrolysis) is 1. The van der Waals surface area contributed by atoms with Gasteiger partial charge in [-0.05, 0) is 48.6 Å². The van der Waals surface area contributed by atoms with Gasteiger partial charge in [-0.15, -0.1) is 0 Å². The molecule has 2 unspecified atom stereocenters. The van der Waals surface area contributed by atoms with Crippen molar-refractivity contribution in [1.29, 1.82) is 0 Å². The van der Waals surface area contributed by atoms with E-state index in [1.54, 1.807) is 31.3 Å². The Kier molecular flexibility index (Phi) is 12.3. The normalized spacial score (nSPS) is 14.9. The lowest BCUT2D eigenvalue weighted by Gasteiger charge is -2.27. The van der Waals surface area contributed by atoms with Gasteiger partial charge in [0.1, 0.15) is 18.7 Å². The Labute approximate surface area is 240 Å². The van der Waals surface area contributed by atoms with Crippen molar-refractivity contribution in [3.8, 4) is 0 Å². The summed E-state index contributed by atoms with van der Waals surface area (Å²) in [6, 6.07) is 14.1. The zero-order valence-corrected chi connectivity index (χ0v) is 23.8. The second-order valence-electron chi connectivity index (χ2n) is 10.1. The van der Waals surface area contributed by atoms with Gasteiger partial charge in [0.2, 0.25) is 11.8 Å². The van der Waals surface area contributed by atoms with E-state index in [4.69, 9.17) is 21.1 Å². The van der Waals surface area contributed by atoms with Crippen LogP contribution in [0.15, 0.2) is 54.6 Å². The van der Waals surface area contributed by atoms with Gasteiger partial charge in [-0.3, -0.25) is 9.59 Å². The highest BCUT2D eigenvalue weighted by Crippen LogP contribution is 2.27. The molecule has 0 aromatic heterocycles. The molecule has 2 aromatic carbocycles. The lowest BCUT2D eigenvalue weighted by Crippen LogP contribution is -2.52. The minimum Gasteiger partial charge on any atom is -0.467 e. The standard InChI is InChI=1S/C30H38ClN3O6/c1-34(24-14-7-4-8-15-24)27(35)17-16-25(29(37)39-2)32-28(36)26(19-21-10-5-3-6-11-21)33-30(38)40-20-22-12-9-13-23(31)18-22/h4,7-9,12-15,18,21,25-26H,3,5-6,10-11,16-17,19-20H2,1-2H3,(H,32,36)(H,33,38). The van der Waals surface area contributed by atoms with E-state index >= 15 is 0 Å². The smallest absolute Gasteiger partial charge is 0.408 e. The minimum absolute atomic E-state index is 0.00778. The molecule has 9 nitrogen and oxygen atoms in total. The third-order valence-electron chi connectivity index (χ3n) is 7.13. The number of nitrogens with one attached hydrogen (secondary N) is 2. The topological polar surface area (TPSA) is 114 Å². The Bertz CT molecular complexity index is 1140. The van der Waals surface area contributed by atoms with E-state index in [1.807, 2.05) is 30.3 Å². The van der Waals surface area contributed by atoms with Gasteiger partial charge >= 0.3 is 12.1 Å². The SMILES string of the molecule is COC(=O)C(CCC(=O)N(C)c1ccccc1)NC(=O)C(CC1CCCCC1)NC(=O)OCc1cccc(Cl)c1. The van der Waals surface area contributed by atoms with Crippen LogP contribution >= 0.6 is 11.6 Å². The zero-order chi connectivity index (χ0) is 28.9. The summed E-state index contributed by atoms with van der Waals surface area (Å²) in [5.41, 5.74) is 1.44. The molecule has 216 valence electrons. The number of hydrogen-bond acceptors (Lipinski definition) is 6. The van der Waals surface area contributed by atoms with Crippen LogP contribution in [0.3, 0.4) is 0 Å². The van der Waals surface area contributed by atoms with E-state index < -0.39 is 30.1 Å². The Morgan fingerprint density at radius 2 is 1.70 bits per heavy atom. The van der Waals surface area contributed by atoms with Crippen molar-refractivity contribution in [2.75, 3.05) is 19.1 Å². The van der Waals surface area contributed by atoms with Gasteiger partial charge in [0.25, 0.3) is 0 Å². The second kappa shape index (κ2) is 15.9. The van der Waals surface area contributed by atoms with Crippen LogP contribution in [0.25, 0.3) is 0 Å². The van der Waals surface area contributed by atoms with Crippen LogP contribution in [0.2, 0.25) is 5.02 Å². The molecule has 0 saturated heterocycles. The molecule has 0 heterocycles. The molecule has 2 atom stereocenters. The van der Waals surface area contributed by atoms with Crippen molar-refractivity contribution < 1.29 is 28.7 Å². The highest BCUT2D eigenvalue weighted by Gasteiger charge is 2.31. The number of methoxy groups -OCH3 is 1. The van der Waals surface area contributed by atoms with E-state index in [2.05, 4.69) is 10.6 Å². The fraction of sp³-hybridized carbons (Fsp3) is 0.467. The lowest BCUT2D eigenvalue weighted by molar-refractivity contribution is -0.145. The van der Waals surface area contributed by atoms with Gasteiger partial charge in [-0.25, -0.2) is 9.59 Å². The van der Waals surface area contributed by atoms with Gasteiger partial charge in [0.15, 0.2) is 0 Å². The summed E-state index contributed by atoms with van der Waals surface area (Å²) in [5, 5.41) is 5.91. The maximum atomic E-state index is 13.4. The Hall–Kier alpha value is -3.59. The summed E-state index contributed by atoms with van der Waals surface area (Å²) in [6.07, 6.45) is 4.94. The van der Waals surface area contributed by atoms with Crippen molar-refractivity contribution in [3.05, 3.63) is 65.2 Å². The van der Waals surface area contributed by atoms with Crippen LogP contribution in [0.4, 0.5) is 10.5 Å². The highest BCUT2D eigenvalue weighted by molar-refractivity contribution is 6.30. The number of esters is 1. The number of halogens is 1. The number of amides is 3. The minimum atomic E-state index is -1.05. The van der Waals surface area contributed by atoms with E-state index in [0.717, 1.165) is 37.8 Å². The van der Waals surface area contributed by atoms with E-state index in [-0.39, 0.29) is 31.3 Å². The van der Waals surface area contributed by atoms with Crippen LogP contribution in [-0.4, -0.2) is 50.1 Å². The molecular formula is C30H38ClN3O6. The van der Waals surface area contributed by atoms with Gasteiger partial charge in [0, 0.05) is 24.2 Å². The first-order chi connectivity index (χ1) is 19.3. The van der Waals surface area contributed by atoms with Gasteiger partial charge < -0.3 is 25.0 Å². The fourth-order valence-electron chi connectivity index (χ4n) is 4.84. The highest BCUT2D eigenvalue weighted by atomic mass is 35.5. The molecule has 2 N–H and O–H groups in total.